The van der Waals surface area contributed by atoms with Crippen LogP contribution in [0.15, 0.2) is 18.3 Å². The molecule has 0 aromatic carbocycles. The van der Waals surface area contributed by atoms with Crippen LogP contribution in [-0.2, 0) is 6.42 Å². The van der Waals surface area contributed by atoms with E-state index >= 15 is 0 Å². The number of nitrogen functional groups attached to an aromatic ring is 1. The summed E-state index contributed by atoms with van der Waals surface area (Å²) < 4.78 is 1.97. The summed E-state index contributed by atoms with van der Waals surface area (Å²) in [6.45, 7) is 6.41. The van der Waals surface area contributed by atoms with Crippen LogP contribution in [0.5, 0.6) is 0 Å². The number of rotatable bonds is 2. The molecule has 0 bridgehead atoms. The molecule has 0 aliphatic rings. The highest BCUT2D eigenvalue weighted by Gasteiger charge is 2.10. The van der Waals surface area contributed by atoms with E-state index in [1.54, 1.807) is 0 Å². The topological polar surface area (TPSA) is 43.3 Å². The minimum Gasteiger partial charge on any atom is -0.383 e. The first-order valence-electron chi connectivity index (χ1n) is 5.31. The number of imidazole rings is 1. The van der Waals surface area contributed by atoms with Crippen molar-refractivity contribution in [3.05, 3.63) is 29.6 Å². The van der Waals surface area contributed by atoms with Crippen LogP contribution >= 0.6 is 0 Å². The highest BCUT2D eigenvalue weighted by atomic mass is 15.1. The Bertz CT molecular complexity index is 483. The number of anilines is 1. The summed E-state index contributed by atoms with van der Waals surface area (Å²) in [5, 5.41) is 0. The molecule has 0 unspecified atom stereocenters. The fourth-order valence-electron chi connectivity index (χ4n) is 1.75. The molecule has 2 N–H and O–H groups in total. The average Bonchev–Trinajstić information content (AvgIpc) is 2.44. The van der Waals surface area contributed by atoms with Crippen molar-refractivity contribution in [3.8, 4) is 0 Å². The van der Waals surface area contributed by atoms with Gasteiger partial charge < -0.3 is 5.73 Å². The van der Waals surface area contributed by atoms with Crippen molar-refractivity contribution >= 4 is 11.5 Å². The Balaban J connectivity index is 2.54. The van der Waals surface area contributed by atoms with Gasteiger partial charge in [-0.3, -0.25) is 4.40 Å². The molecule has 80 valence electrons. The monoisotopic (exact) mass is 203 g/mol. The third kappa shape index (κ3) is 1.82. The number of aryl methyl sites for hydroxylation is 1. The molecule has 0 saturated heterocycles. The van der Waals surface area contributed by atoms with Crippen LogP contribution in [0, 0.1) is 12.8 Å². The van der Waals surface area contributed by atoms with Gasteiger partial charge in [0.15, 0.2) is 0 Å². The van der Waals surface area contributed by atoms with E-state index in [0.29, 0.717) is 5.92 Å². The lowest BCUT2D eigenvalue weighted by atomic mass is 10.1. The lowest BCUT2D eigenvalue weighted by Gasteiger charge is -2.02. The lowest BCUT2D eigenvalue weighted by molar-refractivity contribution is 0.639. The predicted molar refractivity (Wildman–Crippen MR) is 62.9 cm³/mol. The first-order chi connectivity index (χ1) is 7.08. The van der Waals surface area contributed by atoms with E-state index in [1.165, 1.54) is 5.56 Å². The molecule has 0 aliphatic carbocycles. The van der Waals surface area contributed by atoms with Gasteiger partial charge in [-0.2, -0.15) is 0 Å². The van der Waals surface area contributed by atoms with Crippen LogP contribution in [0.4, 0.5) is 5.82 Å². The second-order valence-corrected chi connectivity index (χ2v) is 4.48. The summed E-state index contributed by atoms with van der Waals surface area (Å²) in [7, 11) is 0. The SMILES string of the molecule is Cc1ccc2nc(CC(C)C)c(N)n2c1. The van der Waals surface area contributed by atoms with Crippen molar-refractivity contribution < 1.29 is 0 Å². The number of hydrogen-bond donors (Lipinski definition) is 1. The lowest BCUT2D eigenvalue weighted by Crippen LogP contribution is -2.00. The summed E-state index contributed by atoms with van der Waals surface area (Å²) in [5.41, 5.74) is 9.20. The van der Waals surface area contributed by atoms with Gasteiger partial charge in [0.25, 0.3) is 0 Å². The zero-order valence-electron chi connectivity index (χ0n) is 9.49. The first-order valence-corrected chi connectivity index (χ1v) is 5.31. The Morgan fingerprint density at radius 1 is 1.40 bits per heavy atom. The Kier molecular flexibility index (Phi) is 2.39. The molecule has 2 rings (SSSR count). The van der Waals surface area contributed by atoms with Gasteiger partial charge in [0.2, 0.25) is 0 Å². The Morgan fingerprint density at radius 2 is 2.13 bits per heavy atom. The van der Waals surface area contributed by atoms with Gasteiger partial charge in [-0.05, 0) is 30.9 Å². The first kappa shape index (κ1) is 10.0. The molecule has 0 radical (unpaired) electrons. The molecule has 0 amide bonds. The fraction of sp³-hybridized carbons (Fsp3) is 0.417. The van der Waals surface area contributed by atoms with E-state index in [9.17, 15) is 0 Å². The van der Waals surface area contributed by atoms with E-state index in [0.717, 1.165) is 23.6 Å². The van der Waals surface area contributed by atoms with Gasteiger partial charge in [-0.15, -0.1) is 0 Å². The quantitative estimate of drug-likeness (QED) is 0.814. The van der Waals surface area contributed by atoms with Crippen LogP contribution < -0.4 is 5.73 Å². The van der Waals surface area contributed by atoms with Crippen molar-refractivity contribution in [2.24, 2.45) is 5.92 Å². The number of fused-ring (bicyclic) bond motifs is 1. The van der Waals surface area contributed by atoms with Crippen molar-refractivity contribution in [2.75, 3.05) is 5.73 Å². The highest BCUT2D eigenvalue weighted by molar-refractivity contribution is 5.53. The Hall–Kier alpha value is -1.51. The largest absolute Gasteiger partial charge is 0.383 e. The minimum absolute atomic E-state index is 0.582. The summed E-state index contributed by atoms with van der Waals surface area (Å²) in [5.74, 6) is 1.36. The Morgan fingerprint density at radius 3 is 2.80 bits per heavy atom. The molecule has 2 heterocycles. The predicted octanol–water partition coefficient (Wildman–Crippen LogP) is 2.42. The van der Waals surface area contributed by atoms with Crippen LogP contribution in [0.2, 0.25) is 0 Å². The van der Waals surface area contributed by atoms with Crippen molar-refractivity contribution in [1.82, 2.24) is 9.38 Å². The van der Waals surface area contributed by atoms with E-state index < -0.39 is 0 Å². The number of hydrogen-bond acceptors (Lipinski definition) is 2. The van der Waals surface area contributed by atoms with Crippen molar-refractivity contribution in [1.29, 1.82) is 0 Å². The molecule has 15 heavy (non-hydrogen) atoms. The summed E-state index contributed by atoms with van der Waals surface area (Å²) in [4.78, 5) is 4.53. The molecule has 0 atom stereocenters. The second kappa shape index (κ2) is 3.57. The number of aromatic nitrogens is 2. The van der Waals surface area contributed by atoms with E-state index in [1.807, 2.05) is 16.7 Å². The highest BCUT2D eigenvalue weighted by Crippen LogP contribution is 2.18. The van der Waals surface area contributed by atoms with Crippen LogP contribution in [0.25, 0.3) is 5.65 Å². The zero-order valence-corrected chi connectivity index (χ0v) is 9.49. The third-order valence-electron chi connectivity index (χ3n) is 2.48. The molecule has 3 nitrogen and oxygen atoms in total. The molecule has 0 saturated carbocycles. The summed E-state index contributed by atoms with van der Waals surface area (Å²) in [6.07, 6.45) is 2.97. The van der Waals surface area contributed by atoms with Gasteiger partial charge in [0.05, 0.1) is 5.69 Å². The molecule has 0 aliphatic heterocycles. The smallest absolute Gasteiger partial charge is 0.138 e. The molecular formula is C12H17N3. The van der Waals surface area contributed by atoms with E-state index in [-0.39, 0.29) is 0 Å². The number of nitrogens with zero attached hydrogens (tertiary/aromatic N) is 2. The normalized spacial score (nSPS) is 11.5. The summed E-state index contributed by atoms with van der Waals surface area (Å²) >= 11 is 0. The maximum atomic E-state index is 6.06. The standard InChI is InChI=1S/C12H17N3/c1-8(2)6-10-12(13)15-7-9(3)4-5-11(15)14-10/h4-5,7-8H,6,13H2,1-3H3. The molecule has 3 heteroatoms. The van der Waals surface area contributed by atoms with Crippen LogP contribution in [-0.4, -0.2) is 9.38 Å². The Labute approximate surface area is 89.9 Å². The van der Waals surface area contributed by atoms with Gasteiger partial charge >= 0.3 is 0 Å². The van der Waals surface area contributed by atoms with Crippen molar-refractivity contribution in [3.63, 3.8) is 0 Å². The van der Waals surface area contributed by atoms with Gasteiger partial charge in [0.1, 0.15) is 11.5 Å². The average molecular weight is 203 g/mol. The molecule has 0 spiro atoms. The number of pyridine rings is 1. The van der Waals surface area contributed by atoms with Crippen molar-refractivity contribution in [2.45, 2.75) is 27.2 Å². The maximum absolute atomic E-state index is 6.06. The summed E-state index contributed by atoms with van der Waals surface area (Å²) in [6, 6.07) is 4.07. The van der Waals surface area contributed by atoms with Crippen LogP contribution in [0.1, 0.15) is 25.1 Å². The van der Waals surface area contributed by atoms with Gasteiger partial charge in [-0.25, -0.2) is 4.98 Å². The second-order valence-electron chi connectivity index (χ2n) is 4.48. The minimum atomic E-state index is 0.582. The van der Waals surface area contributed by atoms with Gasteiger partial charge in [-0.1, -0.05) is 19.9 Å². The van der Waals surface area contributed by atoms with Crippen LogP contribution in [0.3, 0.4) is 0 Å². The molecule has 0 fully saturated rings. The van der Waals surface area contributed by atoms with Gasteiger partial charge in [0, 0.05) is 6.20 Å². The molecule has 2 aromatic rings. The fourth-order valence-corrected chi connectivity index (χ4v) is 1.75. The zero-order chi connectivity index (χ0) is 11.0. The van der Waals surface area contributed by atoms with E-state index in [4.69, 9.17) is 5.73 Å². The third-order valence-corrected chi connectivity index (χ3v) is 2.48. The van der Waals surface area contributed by atoms with E-state index in [2.05, 4.69) is 31.8 Å². The molecular weight excluding hydrogens is 186 g/mol. The number of nitrogens with two attached hydrogens (primary N) is 1. The maximum Gasteiger partial charge on any atom is 0.138 e. The molecule has 2 aromatic heterocycles.